The topological polar surface area (TPSA) is 0 Å². The highest BCUT2D eigenvalue weighted by molar-refractivity contribution is 6.50. The second kappa shape index (κ2) is 17.8. The predicted octanol–water partition coefficient (Wildman–Crippen LogP) is 7.60. The summed E-state index contributed by atoms with van der Waals surface area (Å²) in [6.07, 6.45) is 19.8. The van der Waals surface area contributed by atoms with E-state index in [0.717, 1.165) is 6.42 Å². The summed E-state index contributed by atoms with van der Waals surface area (Å²) in [5, 5.41) is 0. The summed E-state index contributed by atoms with van der Waals surface area (Å²) >= 11 is 0. The molecule has 0 heterocycles. The van der Waals surface area contributed by atoms with Crippen molar-refractivity contribution in [2.45, 2.75) is 96.8 Å². The highest BCUT2D eigenvalue weighted by atomic mass is 19.5. The van der Waals surface area contributed by atoms with Crippen LogP contribution < -0.4 is 0 Å². The van der Waals surface area contributed by atoms with Gasteiger partial charge < -0.3 is 17.3 Å². The second-order valence-corrected chi connectivity index (χ2v) is 5.59. The molecule has 0 aliphatic rings. The van der Waals surface area contributed by atoms with E-state index in [-0.39, 0.29) is 0 Å². The lowest BCUT2D eigenvalue weighted by Gasteiger charge is -2.02. The van der Waals surface area contributed by atoms with Gasteiger partial charge in [0.2, 0.25) is 0 Å². The maximum atomic E-state index is 9.75. The number of unbranched alkanes of at least 4 members (excludes halogenated alkanes) is 13. The van der Waals surface area contributed by atoms with E-state index >= 15 is 0 Å². The van der Waals surface area contributed by atoms with Crippen LogP contribution in [0.2, 0.25) is 0 Å². The molecule has 0 rings (SSSR count). The average Bonchev–Trinajstić information content (AvgIpc) is 2.38. The molecule has 0 fully saturated rings. The Hall–Kier alpha value is -0.215. The highest BCUT2D eigenvalue weighted by Gasteiger charge is 2.20. The summed E-state index contributed by atoms with van der Waals surface area (Å²) in [6, 6.07) is 0. The van der Waals surface area contributed by atoms with Crippen LogP contribution in [-0.4, -0.2) is 7.25 Å². The van der Waals surface area contributed by atoms with Gasteiger partial charge in [-0.3, -0.25) is 0 Å². The fraction of sp³-hybridized carbons (Fsp3) is 0.938. The predicted molar refractivity (Wildman–Crippen MR) is 85.9 cm³/mol. The average molecular weight is 312 g/mol. The Labute approximate surface area is 129 Å². The van der Waals surface area contributed by atoms with Crippen molar-refractivity contribution in [3.8, 4) is 0 Å². The SMILES string of the molecule is F[B-](F)(F)F.[CH2]CCCCCCCCCCCCCCC. The summed E-state index contributed by atoms with van der Waals surface area (Å²) in [6.45, 7) is 6.16. The molecule has 0 bridgehead atoms. The standard InChI is InChI=1S/C16H33.BF4/c1-3-5-7-9-11-13-15-16-14-12-10-8-6-4-2;2-1(3,4)5/h1,3-16H2,2H3;/q;-1. The molecule has 0 atom stereocenters. The van der Waals surface area contributed by atoms with E-state index in [0.29, 0.717) is 0 Å². The third kappa shape index (κ3) is 38.3. The van der Waals surface area contributed by atoms with E-state index in [1.807, 2.05) is 0 Å². The minimum absolute atomic E-state index is 1.12. The van der Waals surface area contributed by atoms with E-state index in [4.69, 9.17) is 0 Å². The van der Waals surface area contributed by atoms with Gasteiger partial charge in [-0.05, 0) is 0 Å². The third-order valence-corrected chi connectivity index (χ3v) is 3.35. The maximum Gasteiger partial charge on any atom is 0.673 e. The van der Waals surface area contributed by atoms with Crippen LogP contribution in [0.3, 0.4) is 0 Å². The van der Waals surface area contributed by atoms with E-state index in [1.54, 1.807) is 0 Å². The molecule has 0 saturated carbocycles. The van der Waals surface area contributed by atoms with Gasteiger partial charge in [-0.1, -0.05) is 104 Å². The lowest BCUT2D eigenvalue weighted by molar-refractivity contribution is 0.368. The van der Waals surface area contributed by atoms with E-state index in [9.17, 15) is 17.3 Å². The van der Waals surface area contributed by atoms with Crippen LogP contribution in [-0.2, 0) is 0 Å². The zero-order valence-corrected chi connectivity index (χ0v) is 13.7. The van der Waals surface area contributed by atoms with Crippen LogP contribution in [0.5, 0.6) is 0 Å². The Morgan fingerprint density at radius 2 is 0.810 bits per heavy atom. The van der Waals surface area contributed by atoms with Crippen molar-refractivity contribution < 1.29 is 17.3 Å². The van der Waals surface area contributed by atoms with Crippen molar-refractivity contribution in [1.29, 1.82) is 0 Å². The molecular formula is C16H33BF4-. The Morgan fingerprint density at radius 1 is 0.571 bits per heavy atom. The van der Waals surface area contributed by atoms with Crippen LogP contribution in [0, 0.1) is 6.92 Å². The van der Waals surface area contributed by atoms with Crippen molar-refractivity contribution >= 4 is 7.25 Å². The lowest BCUT2D eigenvalue weighted by Crippen LogP contribution is -2.02. The van der Waals surface area contributed by atoms with Crippen molar-refractivity contribution in [1.82, 2.24) is 0 Å². The van der Waals surface area contributed by atoms with Crippen LogP contribution in [0.15, 0.2) is 0 Å². The molecule has 0 nitrogen and oxygen atoms in total. The van der Waals surface area contributed by atoms with E-state index in [2.05, 4.69) is 13.8 Å². The minimum Gasteiger partial charge on any atom is -0.418 e. The molecule has 0 amide bonds. The molecule has 0 N–H and O–H groups in total. The first kappa shape index (κ1) is 23.1. The summed E-state index contributed by atoms with van der Waals surface area (Å²) < 4.78 is 39.0. The zero-order chi connectivity index (χ0) is 16.4. The van der Waals surface area contributed by atoms with Crippen LogP contribution >= 0.6 is 0 Å². The summed E-state index contributed by atoms with van der Waals surface area (Å²) in [5.41, 5.74) is 0. The molecule has 0 aromatic carbocycles. The smallest absolute Gasteiger partial charge is 0.418 e. The highest BCUT2D eigenvalue weighted by Crippen LogP contribution is 2.12. The Bertz CT molecular complexity index is 164. The first-order valence-corrected chi connectivity index (χ1v) is 8.58. The van der Waals surface area contributed by atoms with Gasteiger partial charge in [0, 0.05) is 0 Å². The Kier molecular flexibility index (Phi) is 19.6. The summed E-state index contributed by atoms with van der Waals surface area (Å²) in [4.78, 5) is 0. The molecule has 5 heteroatoms. The van der Waals surface area contributed by atoms with Gasteiger partial charge >= 0.3 is 7.25 Å². The number of halogens is 4. The fourth-order valence-electron chi connectivity index (χ4n) is 2.19. The first-order chi connectivity index (χ1) is 9.91. The summed E-state index contributed by atoms with van der Waals surface area (Å²) in [5.74, 6) is 0. The van der Waals surface area contributed by atoms with Gasteiger partial charge in [0.05, 0.1) is 0 Å². The maximum absolute atomic E-state index is 9.75. The molecule has 0 aromatic heterocycles. The van der Waals surface area contributed by atoms with Crippen molar-refractivity contribution in [3.05, 3.63) is 6.92 Å². The van der Waals surface area contributed by atoms with Crippen LogP contribution in [0.1, 0.15) is 96.8 Å². The number of rotatable bonds is 13. The fourth-order valence-corrected chi connectivity index (χ4v) is 2.19. The second-order valence-electron chi connectivity index (χ2n) is 5.59. The van der Waals surface area contributed by atoms with E-state index < -0.39 is 7.25 Å². The normalized spacial score (nSPS) is 11.1. The number of hydrogen-bond donors (Lipinski definition) is 0. The van der Waals surface area contributed by atoms with E-state index in [1.165, 1.54) is 83.5 Å². The molecule has 0 aliphatic carbocycles. The van der Waals surface area contributed by atoms with Gasteiger partial charge in [0.1, 0.15) is 0 Å². The molecule has 1 radical (unpaired) electrons. The van der Waals surface area contributed by atoms with Gasteiger partial charge in [-0.2, -0.15) is 0 Å². The van der Waals surface area contributed by atoms with Gasteiger partial charge in [0.15, 0.2) is 0 Å². The molecule has 129 valence electrons. The monoisotopic (exact) mass is 312 g/mol. The quantitative estimate of drug-likeness (QED) is 0.186. The van der Waals surface area contributed by atoms with Crippen LogP contribution in [0.25, 0.3) is 0 Å². The molecular weight excluding hydrogens is 279 g/mol. The Morgan fingerprint density at radius 3 is 1.05 bits per heavy atom. The molecule has 0 aromatic rings. The number of hydrogen-bond acceptors (Lipinski definition) is 0. The first-order valence-electron chi connectivity index (χ1n) is 8.58. The largest absolute Gasteiger partial charge is 0.673 e. The molecule has 0 spiro atoms. The van der Waals surface area contributed by atoms with Crippen LogP contribution in [0.4, 0.5) is 17.3 Å². The van der Waals surface area contributed by atoms with Crippen molar-refractivity contribution in [2.24, 2.45) is 0 Å². The molecule has 21 heavy (non-hydrogen) atoms. The van der Waals surface area contributed by atoms with Crippen molar-refractivity contribution in [2.75, 3.05) is 0 Å². The van der Waals surface area contributed by atoms with Gasteiger partial charge in [-0.15, -0.1) is 0 Å². The van der Waals surface area contributed by atoms with Gasteiger partial charge in [0.25, 0.3) is 0 Å². The third-order valence-electron chi connectivity index (χ3n) is 3.35. The van der Waals surface area contributed by atoms with Gasteiger partial charge in [-0.25, -0.2) is 0 Å². The van der Waals surface area contributed by atoms with Crippen molar-refractivity contribution in [3.63, 3.8) is 0 Å². The molecule has 0 unspecified atom stereocenters. The Balaban J connectivity index is 0. The molecule has 0 aliphatic heterocycles. The minimum atomic E-state index is -6.00. The lowest BCUT2D eigenvalue weighted by atomic mass is 10.0. The zero-order valence-electron chi connectivity index (χ0n) is 13.7. The molecule has 0 saturated heterocycles. The summed E-state index contributed by atoms with van der Waals surface area (Å²) in [7, 11) is -6.00.